The zero-order valence-electron chi connectivity index (χ0n) is 4.73. The molecule has 0 rings (SSSR count). The zero-order valence-corrected chi connectivity index (χ0v) is 5.55. The molecule has 0 amide bonds. The van der Waals surface area contributed by atoms with Gasteiger partial charge in [-0.05, 0) is 6.26 Å². The van der Waals surface area contributed by atoms with Crippen LogP contribution in [0.25, 0.3) is 0 Å². The van der Waals surface area contributed by atoms with E-state index in [9.17, 15) is 0 Å². The Morgan fingerprint density at radius 1 is 1.86 bits per heavy atom. The largest absolute Gasteiger partial charge is 0.497 e. The Hall–Kier alpha value is 0.465. The monoisotopic (exact) mass is 115 g/mol. The second kappa shape index (κ2) is 6.46. The molecule has 2 nitrogen and oxygen atoms in total. The average molecular weight is 115 g/mol. The first-order valence-electron chi connectivity index (χ1n) is 2.25. The van der Waals surface area contributed by atoms with Gasteiger partial charge in [-0.25, -0.2) is 0 Å². The van der Waals surface area contributed by atoms with Crippen LogP contribution in [-0.2, 0) is 4.57 Å². The van der Waals surface area contributed by atoms with E-state index in [2.05, 4.69) is 4.63 Å². The van der Waals surface area contributed by atoms with E-state index in [1.807, 2.05) is 14.0 Å². The highest BCUT2D eigenvalue weighted by atomic mass is 32.2. The molecular formula is CH8B3NOS. The van der Waals surface area contributed by atoms with Gasteiger partial charge in [0.2, 0.25) is 7.37 Å². The van der Waals surface area contributed by atoms with Gasteiger partial charge in [-0.15, -0.1) is 0 Å². The highest BCUT2D eigenvalue weighted by Gasteiger charge is 1.83. The van der Waals surface area contributed by atoms with Crippen LogP contribution in [0, 0.1) is 0 Å². The van der Waals surface area contributed by atoms with Gasteiger partial charge in [-0.3, -0.25) is 4.63 Å². The molecule has 0 radical (unpaired) electrons. The summed E-state index contributed by atoms with van der Waals surface area (Å²) < 4.78 is 7.89. The smallest absolute Gasteiger partial charge is 0.354 e. The number of nitrogens with one attached hydrogen (secondary N) is 1. The third-order valence-corrected chi connectivity index (χ3v) is 0.916. The molecular weight excluding hydrogens is 107 g/mol. The van der Waals surface area contributed by atoms with E-state index in [1.54, 1.807) is 11.9 Å². The molecule has 38 valence electrons. The van der Waals surface area contributed by atoms with Crippen LogP contribution in [0.15, 0.2) is 0 Å². The third-order valence-electron chi connectivity index (χ3n) is 0.509. The molecule has 0 spiro atoms. The van der Waals surface area contributed by atoms with Gasteiger partial charge in [0.25, 0.3) is 0 Å². The van der Waals surface area contributed by atoms with E-state index >= 15 is 0 Å². The van der Waals surface area contributed by atoms with Crippen molar-refractivity contribution in [3.05, 3.63) is 0 Å². The van der Waals surface area contributed by atoms with Crippen LogP contribution >= 0.6 is 11.9 Å². The van der Waals surface area contributed by atoms with Crippen molar-refractivity contribution in [3.8, 4) is 0 Å². The number of hydrogen-bond acceptors (Lipinski definition) is 3. The fourth-order valence-electron chi connectivity index (χ4n) is 0.203. The Morgan fingerprint density at radius 2 is 2.57 bits per heavy atom. The van der Waals surface area contributed by atoms with E-state index in [0.717, 1.165) is 7.37 Å². The van der Waals surface area contributed by atoms with Crippen molar-refractivity contribution < 1.29 is 4.57 Å². The average Bonchev–Trinajstić information content (AvgIpc) is 1.69. The van der Waals surface area contributed by atoms with Crippen molar-refractivity contribution >= 4 is 34.7 Å². The summed E-state index contributed by atoms with van der Waals surface area (Å²) in [6, 6.07) is 0. The lowest BCUT2D eigenvalue weighted by atomic mass is 9.71. The first-order valence-corrected chi connectivity index (χ1v) is 3.48. The molecule has 7 heavy (non-hydrogen) atoms. The Bertz CT molecular complexity index is 34.1. The Morgan fingerprint density at radius 3 is 3.00 bits per heavy atom. The summed E-state index contributed by atoms with van der Waals surface area (Å²) >= 11 is 1.57. The second-order valence-electron chi connectivity index (χ2n) is 0.986. The van der Waals surface area contributed by atoms with Crippen LogP contribution in [0.4, 0.5) is 0 Å². The fourth-order valence-corrected chi connectivity index (χ4v) is 0.404. The van der Waals surface area contributed by atoms with Crippen molar-refractivity contribution in [3.63, 3.8) is 0 Å². The van der Waals surface area contributed by atoms with E-state index in [-0.39, 0.29) is 0 Å². The van der Waals surface area contributed by atoms with Gasteiger partial charge in [0.1, 0.15) is 7.74 Å². The van der Waals surface area contributed by atoms with Crippen LogP contribution in [0.1, 0.15) is 0 Å². The molecule has 0 saturated heterocycles. The van der Waals surface area contributed by atoms with Gasteiger partial charge in [0, 0.05) is 0 Å². The molecule has 0 heterocycles. The third kappa shape index (κ3) is 6.46. The predicted molar refractivity (Wildman–Crippen MR) is 40.6 cm³/mol. The molecule has 1 N–H and O–H groups in total. The number of rotatable bonds is 4. The van der Waals surface area contributed by atoms with Gasteiger partial charge >= 0.3 is 7.62 Å². The molecule has 0 aromatic carbocycles. The normalized spacial score (nSPS) is 8.14. The van der Waals surface area contributed by atoms with Crippen LogP contribution in [0.2, 0.25) is 0 Å². The zero-order chi connectivity index (χ0) is 5.54. The maximum atomic E-state index is 4.94. The van der Waals surface area contributed by atoms with Gasteiger partial charge in [0.05, 0.1) is 0 Å². The topological polar surface area (TPSA) is 21.3 Å². The van der Waals surface area contributed by atoms with E-state index in [4.69, 9.17) is 4.57 Å². The predicted octanol–water partition coefficient (Wildman–Crippen LogP) is -1.96. The molecule has 0 atom stereocenters. The van der Waals surface area contributed by atoms with E-state index in [1.165, 1.54) is 0 Å². The van der Waals surface area contributed by atoms with Gasteiger partial charge in [0.15, 0.2) is 0 Å². The van der Waals surface area contributed by atoms with Crippen molar-refractivity contribution in [2.24, 2.45) is 0 Å². The second-order valence-corrected chi connectivity index (χ2v) is 1.68. The van der Waals surface area contributed by atoms with Crippen LogP contribution < -0.4 is 4.63 Å². The van der Waals surface area contributed by atoms with Crippen LogP contribution in [0.5, 0.6) is 0 Å². The lowest BCUT2D eigenvalue weighted by Crippen LogP contribution is -2.16. The summed E-state index contributed by atoms with van der Waals surface area (Å²) in [6.07, 6.45) is 1.97. The van der Waals surface area contributed by atoms with Crippen molar-refractivity contribution in [2.45, 2.75) is 0 Å². The van der Waals surface area contributed by atoms with Crippen LogP contribution in [-0.4, -0.2) is 29.0 Å². The number of hydrogen-bond donors (Lipinski definition) is 1. The first kappa shape index (κ1) is 7.46. The molecule has 0 unspecified atom stereocenters. The maximum Gasteiger partial charge on any atom is 0.354 e. The van der Waals surface area contributed by atoms with Gasteiger partial charge in [-0.2, -0.15) is 0 Å². The molecule has 6 heteroatoms. The summed E-state index contributed by atoms with van der Waals surface area (Å²) in [5.41, 5.74) is 0. The molecule has 0 bridgehead atoms. The summed E-state index contributed by atoms with van der Waals surface area (Å²) in [4.78, 5) is 0. The molecule has 0 saturated carbocycles. The first-order chi connectivity index (χ1) is 3.41. The van der Waals surface area contributed by atoms with E-state index < -0.39 is 0 Å². The summed E-state index contributed by atoms with van der Waals surface area (Å²) in [5.74, 6) is 0. The minimum atomic E-state index is 0.650. The van der Waals surface area contributed by atoms with Crippen molar-refractivity contribution in [1.82, 2.24) is 4.63 Å². The minimum absolute atomic E-state index is 0.650. The van der Waals surface area contributed by atoms with Crippen LogP contribution in [0.3, 0.4) is 0 Å². The maximum absolute atomic E-state index is 4.94. The Kier molecular flexibility index (Phi) is 6.89. The summed E-state index contributed by atoms with van der Waals surface area (Å²) in [5, 5.41) is 0. The quantitative estimate of drug-likeness (QED) is 0.261. The molecule has 0 fully saturated rings. The van der Waals surface area contributed by atoms with Crippen molar-refractivity contribution in [2.75, 3.05) is 6.26 Å². The van der Waals surface area contributed by atoms with Crippen molar-refractivity contribution in [1.29, 1.82) is 0 Å². The fraction of sp³-hybridized carbons (Fsp3) is 1.00. The Balaban J connectivity index is 2.45. The Labute approximate surface area is 50.9 Å². The molecule has 0 aliphatic carbocycles. The minimum Gasteiger partial charge on any atom is -0.497 e. The molecule has 0 aliphatic heterocycles. The van der Waals surface area contributed by atoms with E-state index in [0.29, 0.717) is 7.62 Å². The highest BCUT2D eigenvalue weighted by Crippen LogP contribution is 1.75. The van der Waals surface area contributed by atoms with Gasteiger partial charge < -0.3 is 4.57 Å². The SMILES string of the molecule is BBOBNSC. The standard InChI is InChI=1S/CH8B3NOS/c1-7-5-4-6-3-2/h3-5H,2H2,1H3. The lowest BCUT2D eigenvalue weighted by Gasteiger charge is -1.94. The highest BCUT2D eigenvalue weighted by molar-refractivity contribution is 7.97. The molecule has 0 aliphatic rings. The summed E-state index contributed by atoms with van der Waals surface area (Å²) in [6.45, 7) is 0. The van der Waals surface area contributed by atoms with Gasteiger partial charge in [-0.1, -0.05) is 11.9 Å². The molecule has 0 aromatic rings. The lowest BCUT2D eigenvalue weighted by molar-refractivity contribution is 0.653. The summed E-state index contributed by atoms with van der Waals surface area (Å²) in [7, 11) is 3.41. The molecule has 0 aromatic heterocycles.